The van der Waals surface area contributed by atoms with Gasteiger partial charge in [-0.05, 0) is 30.7 Å². The van der Waals surface area contributed by atoms with Gasteiger partial charge in [0.15, 0.2) is 0 Å². The first-order valence-corrected chi connectivity index (χ1v) is 6.48. The molecule has 0 atom stereocenters. The number of aromatic carboxylic acids is 1. The molecule has 0 saturated carbocycles. The third kappa shape index (κ3) is 2.71. The van der Waals surface area contributed by atoms with Crippen molar-refractivity contribution in [3.05, 3.63) is 51.7 Å². The largest absolute Gasteiger partial charge is 0.477 e. The van der Waals surface area contributed by atoms with Gasteiger partial charge in [0.2, 0.25) is 0 Å². The van der Waals surface area contributed by atoms with Crippen LogP contribution in [-0.4, -0.2) is 18.1 Å². The third-order valence-corrected chi connectivity index (χ3v) is 3.85. The third-order valence-electron chi connectivity index (χ3n) is 2.79. The summed E-state index contributed by atoms with van der Waals surface area (Å²) >= 11 is 1.33. The summed E-state index contributed by atoms with van der Waals surface area (Å²) in [6.07, 6.45) is 0. The molecule has 0 spiro atoms. The first-order valence-electron chi connectivity index (χ1n) is 5.66. The molecule has 0 aliphatic heterocycles. The number of thiophene rings is 1. The molecule has 1 aromatic heterocycles. The lowest BCUT2D eigenvalue weighted by Crippen LogP contribution is -2.16. The van der Waals surface area contributed by atoms with Crippen LogP contribution in [0.25, 0.3) is 0 Å². The van der Waals surface area contributed by atoms with Gasteiger partial charge in [0.05, 0.1) is 6.54 Å². The molecule has 0 bridgehead atoms. The fraction of sp³-hybridized carbons (Fsp3) is 0.214. The highest BCUT2D eigenvalue weighted by atomic mass is 32.1. The van der Waals surface area contributed by atoms with Crippen LogP contribution < -0.4 is 4.90 Å². The summed E-state index contributed by atoms with van der Waals surface area (Å²) in [6, 6.07) is 11.7. The van der Waals surface area contributed by atoms with Crippen LogP contribution in [0, 0.1) is 6.92 Å². The van der Waals surface area contributed by atoms with Gasteiger partial charge >= 0.3 is 5.97 Å². The van der Waals surface area contributed by atoms with E-state index in [1.54, 1.807) is 6.07 Å². The molecule has 1 heterocycles. The number of hydrogen-bond acceptors (Lipinski definition) is 3. The molecule has 2 rings (SSSR count). The number of para-hydroxylation sites is 1. The van der Waals surface area contributed by atoms with Crippen LogP contribution in [0.3, 0.4) is 0 Å². The van der Waals surface area contributed by atoms with E-state index < -0.39 is 5.97 Å². The first kappa shape index (κ1) is 12.6. The van der Waals surface area contributed by atoms with Crippen LogP contribution in [0.15, 0.2) is 36.4 Å². The number of carboxylic acids is 1. The highest BCUT2D eigenvalue weighted by molar-refractivity contribution is 7.13. The van der Waals surface area contributed by atoms with Gasteiger partial charge in [-0.3, -0.25) is 0 Å². The highest BCUT2D eigenvalue weighted by Gasteiger charge is 2.09. The zero-order valence-corrected chi connectivity index (χ0v) is 11.2. The number of nitrogens with zero attached hydrogens (tertiary/aromatic N) is 1. The van der Waals surface area contributed by atoms with Gasteiger partial charge in [-0.15, -0.1) is 11.3 Å². The molecule has 0 unspecified atom stereocenters. The molecule has 0 saturated heterocycles. The molecule has 1 aromatic carbocycles. The Morgan fingerprint density at radius 2 is 2.00 bits per heavy atom. The minimum atomic E-state index is -0.857. The molecule has 4 heteroatoms. The van der Waals surface area contributed by atoms with Crippen molar-refractivity contribution in [1.29, 1.82) is 0 Å². The van der Waals surface area contributed by atoms with Crippen molar-refractivity contribution in [3.63, 3.8) is 0 Å². The number of rotatable bonds is 4. The van der Waals surface area contributed by atoms with Gasteiger partial charge in [-0.2, -0.15) is 0 Å². The maximum Gasteiger partial charge on any atom is 0.345 e. The number of anilines is 1. The second kappa shape index (κ2) is 5.23. The maximum absolute atomic E-state index is 10.8. The van der Waals surface area contributed by atoms with Crippen molar-refractivity contribution in [2.75, 3.05) is 11.9 Å². The fourth-order valence-electron chi connectivity index (χ4n) is 1.89. The van der Waals surface area contributed by atoms with E-state index in [-0.39, 0.29) is 0 Å². The van der Waals surface area contributed by atoms with Crippen molar-refractivity contribution >= 4 is 23.0 Å². The summed E-state index contributed by atoms with van der Waals surface area (Å²) in [4.78, 5) is 14.4. The smallest absolute Gasteiger partial charge is 0.345 e. The van der Waals surface area contributed by atoms with Crippen LogP contribution >= 0.6 is 11.3 Å². The van der Waals surface area contributed by atoms with E-state index in [4.69, 9.17) is 5.11 Å². The minimum absolute atomic E-state index is 0.392. The molecular weight excluding hydrogens is 246 g/mol. The standard InChI is InChI=1S/C14H15NO2S/c1-10-5-3-4-6-12(10)15(2)9-11-7-8-13(18-11)14(16)17/h3-8H,9H2,1-2H3,(H,16,17). The summed E-state index contributed by atoms with van der Waals surface area (Å²) < 4.78 is 0. The van der Waals surface area contributed by atoms with Crippen molar-refractivity contribution in [2.24, 2.45) is 0 Å². The number of carboxylic acid groups (broad SMARTS) is 1. The van der Waals surface area contributed by atoms with Crippen molar-refractivity contribution < 1.29 is 9.90 Å². The van der Waals surface area contributed by atoms with E-state index in [0.29, 0.717) is 4.88 Å². The molecule has 0 aliphatic rings. The molecule has 94 valence electrons. The number of hydrogen-bond donors (Lipinski definition) is 1. The lowest BCUT2D eigenvalue weighted by atomic mass is 10.2. The Bertz CT molecular complexity index is 562. The van der Waals surface area contributed by atoms with Gasteiger partial charge < -0.3 is 10.0 Å². The average molecular weight is 261 g/mol. The second-order valence-corrected chi connectivity index (χ2v) is 5.38. The van der Waals surface area contributed by atoms with E-state index in [9.17, 15) is 4.79 Å². The summed E-state index contributed by atoms with van der Waals surface area (Å²) in [5.41, 5.74) is 2.39. The maximum atomic E-state index is 10.8. The number of benzene rings is 1. The SMILES string of the molecule is Cc1ccccc1N(C)Cc1ccc(C(=O)O)s1. The summed E-state index contributed by atoms with van der Waals surface area (Å²) in [5, 5.41) is 8.89. The average Bonchev–Trinajstić information content (AvgIpc) is 2.78. The zero-order valence-electron chi connectivity index (χ0n) is 10.4. The molecule has 0 amide bonds. The predicted octanol–water partition coefficient (Wildman–Crippen LogP) is 3.39. The Morgan fingerprint density at radius 3 is 2.61 bits per heavy atom. The van der Waals surface area contributed by atoms with Crippen LogP contribution in [0.4, 0.5) is 5.69 Å². The van der Waals surface area contributed by atoms with Gasteiger partial charge in [-0.1, -0.05) is 18.2 Å². The Labute approximate surface area is 110 Å². The van der Waals surface area contributed by atoms with Gasteiger partial charge in [0.25, 0.3) is 0 Å². The van der Waals surface area contributed by atoms with E-state index in [1.807, 2.05) is 25.2 Å². The second-order valence-electron chi connectivity index (χ2n) is 4.21. The normalized spacial score (nSPS) is 10.3. The van der Waals surface area contributed by atoms with E-state index in [1.165, 1.54) is 22.6 Å². The molecule has 0 radical (unpaired) electrons. The number of aryl methyl sites for hydroxylation is 1. The Hall–Kier alpha value is -1.81. The highest BCUT2D eigenvalue weighted by Crippen LogP contribution is 2.23. The minimum Gasteiger partial charge on any atom is -0.477 e. The van der Waals surface area contributed by atoms with Crippen LogP contribution in [-0.2, 0) is 6.54 Å². The molecule has 18 heavy (non-hydrogen) atoms. The summed E-state index contributed by atoms with van der Waals surface area (Å²) in [6.45, 7) is 2.80. The molecule has 3 nitrogen and oxygen atoms in total. The predicted molar refractivity (Wildman–Crippen MR) is 74.6 cm³/mol. The molecular formula is C14H15NO2S. The zero-order chi connectivity index (χ0) is 13.1. The Balaban J connectivity index is 2.13. The number of carbonyl (C=O) groups is 1. The van der Waals surface area contributed by atoms with Crippen molar-refractivity contribution in [1.82, 2.24) is 0 Å². The molecule has 0 aliphatic carbocycles. The Morgan fingerprint density at radius 1 is 1.28 bits per heavy atom. The lowest BCUT2D eigenvalue weighted by molar-refractivity contribution is 0.0702. The quantitative estimate of drug-likeness (QED) is 0.917. The topological polar surface area (TPSA) is 40.5 Å². The molecule has 2 aromatic rings. The van der Waals surface area contributed by atoms with Crippen molar-refractivity contribution in [3.8, 4) is 0 Å². The van der Waals surface area contributed by atoms with E-state index in [0.717, 1.165) is 11.4 Å². The van der Waals surface area contributed by atoms with Gasteiger partial charge in [0.1, 0.15) is 4.88 Å². The van der Waals surface area contributed by atoms with Crippen LogP contribution in [0.1, 0.15) is 20.1 Å². The Kier molecular flexibility index (Phi) is 3.67. The fourth-order valence-corrected chi connectivity index (χ4v) is 2.79. The summed E-state index contributed by atoms with van der Waals surface area (Å²) in [7, 11) is 2.02. The lowest BCUT2D eigenvalue weighted by Gasteiger charge is -2.20. The first-order chi connectivity index (χ1) is 8.58. The van der Waals surface area contributed by atoms with Crippen LogP contribution in [0.5, 0.6) is 0 Å². The monoisotopic (exact) mass is 261 g/mol. The van der Waals surface area contributed by atoms with Crippen molar-refractivity contribution in [2.45, 2.75) is 13.5 Å². The van der Waals surface area contributed by atoms with Gasteiger partial charge in [0, 0.05) is 17.6 Å². The summed E-state index contributed by atoms with van der Waals surface area (Å²) in [5.74, 6) is -0.857. The van der Waals surface area contributed by atoms with E-state index >= 15 is 0 Å². The van der Waals surface area contributed by atoms with Crippen LogP contribution in [0.2, 0.25) is 0 Å². The molecule has 1 N–H and O–H groups in total. The van der Waals surface area contributed by atoms with E-state index in [2.05, 4.69) is 24.0 Å². The molecule has 0 fully saturated rings. The van der Waals surface area contributed by atoms with Gasteiger partial charge in [-0.25, -0.2) is 4.79 Å².